The molecule has 0 aliphatic rings. The lowest BCUT2D eigenvalue weighted by molar-refractivity contribution is 0.102. The molecule has 3 nitrogen and oxygen atoms in total. The Labute approximate surface area is 126 Å². The van der Waals surface area contributed by atoms with Gasteiger partial charge >= 0.3 is 0 Å². The van der Waals surface area contributed by atoms with E-state index in [2.05, 4.69) is 38.0 Å². The number of benzene rings is 1. The first kappa shape index (κ1) is 15.2. The van der Waals surface area contributed by atoms with Crippen molar-refractivity contribution in [1.82, 2.24) is 4.98 Å². The first-order chi connectivity index (χ1) is 9.77. The minimum atomic E-state index is -0.105. The van der Waals surface area contributed by atoms with Crippen LogP contribution >= 0.6 is 0 Å². The lowest BCUT2D eigenvalue weighted by Gasteiger charge is -2.18. The molecule has 0 unspecified atom stereocenters. The molecule has 110 valence electrons. The Morgan fingerprint density at radius 3 is 2.38 bits per heavy atom. The molecule has 2 rings (SSSR count). The van der Waals surface area contributed by atoms with Gasteiger partial charge in [-0.3, -0.25) is 9.78 Å². The summed E-state index contributed by atoms with van der Waals surface area (Å²) in [5, 5.41) is 2.94. The van der Waals surface area contributed by atoms with Gasteiger partial charge in [0, 0.05) is 28.6 Å². The highest BCUT2D eigenvalue weighted by Crippen LogP contribution is 2.21. The van der Waals surface area contributed by atoms with Crippen LogP contribution in [-0.4, -0.2) is 10.9 Å². The molecular weight excluding hydrogens is 260 g/mol. The van der Waals surface area contributed by atoms with Crippen LogP contribution in [-0.2, 0) is 5.41 Å². The molecule has 0 saturated carbocycles. The Morgan fingerprint density at radius 2 is 1.76 bits per heavy atom. The molecule has 0 atom stereocenters. The summed E-state index contributed by atoms with van der Waals surface area (Å²) < 4.78 is 0. The topological polar surface area (TPSA) is 42.0 Å². The number of aromatic nitrogens is 1. The van der Waals surface area contributed by atoms with Gasteiger partial charge in [0.25, 0.3) is 5.91 Å². The molecule has 0 bridgehead atoms. The minimum absolute atomic E-state index is 0.0727. The summed E-state index contributed by atoms with van der Waals surface area (Å²) in [7, 11) is 0. The molecule has 21 heavy (non-hydrogen) atoms. The van der Waals surface area contributed by atoms with E-state index in [0.29, 0.717) is 5.56 Å². The summed E-state index contributed by atoms with van der Waals surface area (Å²) in [5.41, 5.74) is 4.67. The van der Waals surface area contributed by atoms with Crippen molar-refractivity contribution >= 4 is 11.6 Å². The van der Waals surface area contributed by atoms with Crippen molar-refractivity contribution in [3.05, 3.63) is 58.9 Å². The van der Waals surface area contributed by atoms with E-state index in [1.54, 1.807) is 12.3 Å². The fourth-order valence-electron chi connectivity index (χ4n) is 2.00. The van der Waals surface area contributed by atoms with Crippen LogP contribution in [0.15, 0.2) is 36.5 Å². The Kier molecular flexibility index (Phi) is 4.12. The smallest absolute Gasteiger partial charge is 0.255 e. The summed E-state index contributed by atoms with van der Waals surface area (Å²) in [6.45, 7) is 10.3. The molecule has 1 aromatic carbocycles. The van der Waals surface area contributed by atoms with Crippen LogP contribution < -0.4 is 5.32 Å². The molecule has 0 saturated heterocycles. The van der Waals surface area contributed by atoms with Crippen molar-refractivity contribution in [2.45, 2.75) is 40.0 Å². The second-order valence-corrected chi connectivity index (χ2v) is 6.43. The zero-order chi connectivity index (χ0) is 15.6. The highest BCUT2D eigenvalue weighted by molar-refractivity contribution is 6.04. The molecule has 3 heteroatoms. The minimum Gasteiger partial charge on any atom is -0.322 e. The SMILES string of the molecule is Cc1ccc(NC(=O)c2ccnc(C(C)(C)C)c2)cc1C. The van der Waals surface area contributed by atoms with Gasteiger partial charge in [0.05, 0.1) is 0 Å². The molecule has 0 aliphatic heterocycles. The maximum absolute atomic E-state index is 12.4. The van der Waals surface area contributed by atoms with Gasteiger partial charge in [0.1, 0.15) is 0 Å². The second kappa shape index (κ2) is 5.68. The molecule has 1 aromatic heterocycles. The number of nitrogens with one attached hydrogen (secondary N) is 1. The van der Waals surface area contributed by atoms with E-state index in [4.69, 9.17) is 0 Å². The lowest BCUT2D eigenvalue weighted by atomic mass is 9.91. The van der Waals surface area contributed by atoms with Crippen molar-refractivity contribution in [3.8, 4) is 0 Å². The van der Waals surface area contributed by atoms with E-state index >= 15 is 0 Å². The van der Waals surface area contributed by atoms with Crippen molar-refractivity contribution in [1.29, 1.82) is 0 Å². The summed E-state index contributed by atoms with van der Waals surface area (Å²) >= 11 is 0. The van der Waals surface area contributed by atoms with Gasteiger partial charge in [-0.05, 0) is 49.2 Å². The van der Waals surface area contributed by atoms with E-state index in [9.17, 15) is 4.79 Å². The van der Waals surface area contributed by atoms with Crippen LogP contribution in [0.25, 0.3) is 0 Å². The zero-order valence-electron chi connectivity index (χ0n) is 13.3. The van der Waals surface area contributed by atoms with E-state index in [1.165, 1.54) is 5.56 Å². The Hall–Kier alpha value is -2.16. The summed E-state index contributed by atoms with van der Waals surface area (Å²) in [4.78, 5) is 16.7. The molecular formula is C18H22N2O. The van der Waals surface area contributed by atoms with E-state index in [-0.39, 0.29) is 11.3 Å². The summed E-state index contributed by atoms with van der Waals surface area (Å²) in [6, 6.07) is 9.52. The predicted molar refractivity (Wildman–Crippen MR) is 86.8 cm³/mol. The molecule has 1 N–H and O–H groups in total. The standard InChI is InChI=1S/C18H22N2O/c1-12-6-7-15(10-13(12)2)20-17(21)14-8-9-19-16(11-14)18(3,4)5/h6-11H,1-5H3,(H,20,21). The van der Waals surface area contributed by atoms with Crippen LogP contribution in [0.3, 0.4) is 0 Å². The van der Waals surface area contributed by atoms with Crippen LogP contribution in [0.2, 0.25) is 0 Å². The molecule has 1 amide bonds. The molecule has 0 spiro atoms. The summed E-state index contributed by atoms with van der Waals surface area (Å²) in [6.07, 6.45) is 1.69. The van der Waals surface area contributed by atoms with Gasteiger partial charge < -0.3 is 5.32 Å². The third kappa shape index (κ3) is 3.69. The maximum atomic E-state index is 12.4. The highest BCUT2D eigenvalue weighted by Gasteiger charge is 2.17. The normalized spacial score (nSPS) is 11.3. The van der Waals surface area contributed by atoms with Gasteiger partial charge in [-0.1, -0.05) is 26.8 Å². The number of nitrogens with zero attached hydrogens (tertiary/aromatic N) is 1. The lowest BCUT2D eigenvalue weighted by Crippen LogP contribution is -2.17. The summed E-state index contributed by atoms with van der Waals surface area (Å²) in [5.74, 6) is -0.105. The van der Waals surface area contributed by atoms with Crippen LogP contribution in [0, 0.1) is 13.8 Å². The van der Waals surface area contributed by atoms with E-state index in [1.807, 2.05) is 31.2 Å². The average Bonchev–Trinajstić information content (AvgIpc) is 2.42. The molecule has 0 radical (unpaired) electrons. The van der Waals surface area contributed by atoms with Gasteiger partial charge in [0.15, 0.2) is 0 Å². The quantitative estimate of drug-likeness (QED) is 0.894. The Balaban J connectivity index is 2.22. The number of amides is 1. The van der Waals surface area contributed by atoms with Crippen molar-refractivity contribution in [3.63, 3.8) is 0 Å². The third-order valence-electron chi connectivity index (χ3n) is 3.56. The number of rotatable bonds is 2. The van der Waals surface area contributed by atoms with E-state index < -0.39 is 0 Å². The predicted octanol–water partition coefficient (Wildman–Crippen LogP) is 4.25. The maximum Gasteiger partial charge on any atom is 0.255 e. The van der Waals surface area contributed by atoms with Gasteiger partial charge in [-0.25, -0.2) is 0 Å². The average molecular weight is 282 g/mol. The monoisotopic (exact) mass is 282 g/mol. The first-order valence-electron chi connectivity index (χ1n) is 7.12. The number of anilines is 1. The fourth-order valence-corrected chi connectivity index (χ4v) is 2.00. The molecule has 0 aliphatic carbocycles. The van der Waals surface area contributed by atoms with E-state index in [0.717, 1.165) is 16.9 Å². The van der Waals surface area contributed by atoms with Crippen molar-refractivity contribution < 1.29 is 4.79 Å². The number of hydrogen-bond donors (Lipinski definition) is 1. The Morgan fingerprint density at radius 1 is 1.05 bits per heavy atom. The molecule has 0 fully saturated rings. The van der Waals surface area contributed by atoms with Gasteiger partial charge in [-0.15, -0.1) is 0 Å². The number of pyridine rings is 1. The highest BCUT2D eigenvalue weighted by atomic mass is 16.1. The van der Waals surface area contributed by atoms with Crippen LogP contribution in [0.1, 0.15) is 48.0 Å². The fraction of sp³-hybridized carbons (Fsp3) is 0.333. The van der Waals surface area contributed by atoms with Crippen LogP contribution in [0.5, 0.6) is 0 Å². The van der Waals surface area contributed by atoms with Crippen molar-refractivity contribution in [2.24, 2.45) is 0 Å². The molecule has 2 aromatic rings. The Bertz CT molecular complexity index is 669. The number of carbonyl (C=O) groups is 1. The largest absolute Gasteiger partial charge is 0.322 e. The number of carbonyl (C=O) groups excluding carboxylic acids is 1. The first-order valence-corrected chi connectivity index (χ1v) is 7.12. The zero-order valence-corrected chi connectivity index (χ0v) is 13.3. The molecule has 1 heterocycles. The van der Waals surface area contributed by atoms with Crippen LogP contribution in [0.4, 0.5) is 5.69 Å². The number of hydrogen-bond acceptors (Lipinski definition) is 2. The van der Waals surface area contributed by atoms with Crippen molar-refractivity contribution in [2.75, 3.05) is 5.32 Å². The van der Waals surface area contributed by atoms with Gasteiger partial charge in [0.2, 0.25) is 0 Å². The number of aryl methyl sites for hydroxylation is 2. The van der Waals surface area contributed by atoms with Gasteiger partial charge in [-0.2, -0.15) is 0 Å². The third-order valence-corrected chi connectivity index (χ3v) is 3.56. The second-order valence-electron chi connectivity index (χ2n) is 6.43.